The van der Waals surface area contributed by atoms with Crippen molar-refractivity contribution in [1.29, 1.82) is 5.26 Å². The minimum Gasteiger partial charge on any atom is -0.321 e. The molecule has 1 N–H and O–H groups in total. The van der Waals surface area contributed by atoms with Crippen LogP contribution in [0.1, 0.15) is 17.0 Å². The molecule has 1 heterocycles. The number of hydrogen-bond acceptors (Lipinski definition) is 2. The fourth-order valence-electron chi connectivity index (χ4n) is 2.96. The van der Waals surface area contributed by atoms with E-state index in [2.05, 4.69) is 32.5 Å². The second-order valence-electron chi connectivity index (χ2n) is 6.27. The number of halogens is 2. The fourth-order valence-corrected chi connectivity index (χ4v) is 3.32. The van der Waals surface area contributed by atoms with Gasteiger partial charge in [0.25, 0.3) is 5.91 Å². The van der Waals surface area contributed by atoms with Crippen molar-refractivity contribution < 1.29 is 9.18 Å². The van der Waals surface area contributed by atoms with Crippen molar-refractivity contribution in [2.45, 2.75) is 13.8 Å². The summed E-state index contributed by atoms with van der Waals surface area (Å²) in [6.07, 6.45) is 1.57. The predicted molar refractivity (Wildman–Crippen MR) is 117 cm³/mol. The number of anilines is 1. The van der Waals surface area contributed by atoms with Crippen molar-refractivity contribution in [3.8, 4) is 11.8 Å². The number of nitrogens with one attached hydrogen (secondary N) is 1. The molecule has 0 aliphatic heterocycles. The van der Waals surface area contributed by atoms with Crippen molar-refractivity contribution in [1.82, 2.24) is 4.57 Å². The molecular formula is C22H17FIN3O. The molecule has 0 saturated heterocycles. The van der Waals surface area contributed by atoms with Gasteiger partial charge in [-0.2, -0.15) is 5.26 Å². The van der Waals surface area contributed by atoms with E-state index in [-0.39, 0.29) is 5.57 Å². The maximum Gasteiger partial charge on any atom is 0.266 e. The highest BCUT2D eigenvalue weighted by Crippen LogP contribution is 2.23. The normalized spacial score (nSPS) is 11.2. The summed E-state index contributed by atoms with van der Waals surface area (Å²) >= 11 is 2.26. The minimum absolute atomic E-state index is 0.0211. The number of nitrogens with zero attached hydrogens (tertiary/aromatic N) is 2. The van der Waals surface area contributed by atoms with E-state index in [1.807, 2.05) is 50.2 Å². The minimum atomic E-state index is -0.534. The molecule has 0 radical (unpaired) electrons. The van der Waals surface area contributed by atoms with Gasteiger partial charge in [0.15, 0.2) is 0 Å². The first-order valence-corrected chi connectivity index (χ1v) is 9.60. The van der Waals surface area contributed by atoms with Crippen LogP contribution in [-0.4, -0.2) is 10.5 Å². The Morgan fingerprint density at radius 3 is 2.39 bits per heavy atom. The summed E-state index contributed by atoms with van der Waals surface area (Å²) in [4.78, 5) is 12.4. The maximum absolute atomic E-state index is 13.0. The molecule has 0 unspecified atom stereocenters. The Morgan fingerprint density at radius 2 is 1.79 bits per heavy atom. The third kappa shape index (κ3) is 4.31. The van der Waals surface area contributed by atoms with Gasteiger partial charge in [-0.25, -0.2) is 4.39 Å². The summed E-state index contributed by atoms with van der Waals surface area (Å²) in [5, 5.41) is 12.1. The molecule has 0 bridgehead atoms. The number of carbonyl (C=O) groups is 1. The summed E-state index contributed by atoms with van der Waals surface area (Å²) in [5.41, 5.74) is 4.15. The standard InChI is InChI=1S/C22H17FIN3O/c1-14-11-16(15(2)27(14)21-9-5-19(24)6-10-21)12-17(13-25)22(28)26-20-7-3-18(23)4-8-20/h3-12H,1-2H3,(H,26,28). The molecule has 0 atom stereocenters. The topological polar surface area (TPSA) is 57.8 Å². The average molecular weight is 485 g/mol. The van der Waals surface area contributed by atoms with E-state index in [1.165, 1.54) is 24.3 Å². The number of amides is 1. The van der Waals surface area contributed by atoms with Crippen LogP contribution in [0.2, 0.25) is 0 Å². The van der Waals surface area contributed by atoms with Crippen LogP contribution in [0.4, 0.5) is 10.1 Å². The van der Waals surface area contributed by atoms with Gasteiger partial charge >= 0.3 is 0 Å². The number of carbonyl (C=O) groups excluding carboxylic acids is 1. The fraction of sp³-hybridized carbons (Fsp3) is 0.0909. The van der Waals surface area contributed by atoms with Crippen molar-refractivity contribution >= 4 is 40.3 Å². The third-order valence-electron chi connectivity index (χ3n) is 4.32. The summed E-state index contributed by atoms with van der Waals surface area (Å²) in [5.74, 6) is -0.926. The van der Waals surface area contributed by atoms with Gasteiger partial charge in [-0.15, -0.1) is 0 Å². The molecule has 0 aliphatic rings. The van der Waals surface area contributed by atoms with Crippen LogP contribution in [0.25, 0.3) is 11.8 Å². The van der Waals surface area contributed by atoms with Crippen LogP contribution < -0.4 is 5.32 Å². The Kier molecular flexibility index (Phi) is 5.95. The van der Waals surface area contributed by atoms with Gasteiger partial charge in [0.1, 0.15) is 17.5 Å². The van der Waals surface area contributed by atoms with Crippen LogP contribution in [0.3, 0.4) is 0 Å². The molecule has 28 heavy (non-hydrogen) atoms. The number of hydrogen-bond donors (Lipinski definition) is 1. The second-order valence-corrected chi connectivity index (χ2v) is 7.51. The SMILES string of the molecule is Cc1cc(C=C(C#N)C(=O)Nc2ccc(F)cc2)c(C)n1-c1ccc(I)cc1. The van der Waals surface area contributed by atoms with Crippen molar-refractivity contribution in [2.24, 2.45) is 0 Å². The number of nitriles is 1. The van der Waals surface area contributed by atoms with Gasteiger partial charge < -0.3 is 9.88 Å². The highest BCUT2D eigenvalue weighted by atomic mass is 127. The van der Waals surface area contributed by atoms with E-state index >= 15 is 0 Å². The molecule has 6 heteroatoms. The molecule has 1 amide bonds. The first kappa shape index (κ1) is 19.8. The largest absolute Gasteiger partial charge is 0.321 e. The van der Waals surface area contributed by atoms with Crippen LogP contribution in [-0.2, 0) is 4.79 Å². The zero-order chi connectivity index (χ0) is 20.3. The Morgan fingerprint density at radius 1 is 1.14 bits per heavy atom. The van der Waals surface area contributed by atoms with E-state index < -0.39 is 11.7 Å². The Balaban J connectivity index is 1.91. The lowest BCUT2D eigenvalue weighted by Crippen LogP contribution is -2.13. The molecular weight excluding hydrogens is 468 g/mol. The molecule has 3 rings (SSSR count). The predicted octanol–water partition coefficient (Wildman–Crippen LogP) is 5.38. The maximum atomic E-state index is 13.0. The van der Waals surface area contributed by atoms with Crippen molar-refractivity contribution in [3.63, 3.8) is 0 Å². The number of aryl methyl sites for hydroxylation is 1. The molecule has 0 spiro atoms. The molecule has 140 valence electrons. The first-order valence-electron chi connectivity index (χ1n) is 8.52. The zero-order valence-corrected chi connectivity index (χ0v) is 17.5. The van der Waals surface area contributed by atoms with E-state index in [0.29, 0.717) is 5.69 Å². The van der Waals surface area contributed by atoms with E-state index in [9.17, 15) is 14.4 Å². The van der Waals surface area contributed by atoms with Gasteiger partial charge in [0.2, 0.25) is 0 Å². The lowest BCUT2D eigenvalue weighted by atomic mass is 10.1. The van der Waals surface area contributed by atoms with Gasteiger partial charge in [-0.3, -0.25) is 4.79 Å². The number of aromatic nitrogens is 1. The van der Waals surface area contributed by atoms with E-state index in [0.717, 1.165) is 26.2 Å². The van der Waals surface area contributed by atoms with Gasteiger partial charge in [0, 0.05) is 26.3 Å². The summed E-state index contributed by atoms with van der Waals surface area (Å²) in [7, 11) is 0. The Bertz CT molecular complexity index is 1090. The molecule has 0 fully saturated rings. The molecule has 2 aromatic carbocycles. The van der Waals surface area contributed by atoms with Crippen LogP contribution in [0, 0.1) is 34.6 Å². The second kappa shape index (κ2) is 8.40. The van der Waals surface area contributed by atoms with Gasteiger partial charge in [-0.05, 0) is 103 Å². The Labute approximate surface area is 176 Å². The lowest BCUT2D eigenvalue weighted by Gasteiger charge is -2.09. The molecule has 1 aromatic heterocycles. The summed E-state index contributed by atoms with van der Waals surface area (Å²) in [6, 6.07) is 17.4. The van der Waals surface area contributed by atoms with E-state index in [1.54, 1.807) is 6.08 Å². The smallest absolute Gasteiger partial charge is 0.266 e. The van der Waals surface area contributed by atoms with Crippen molar-refractivity contribution in [2.75, 3.05) is 5.32 Å². The van der Waals surface area contributed by atoms with E-state index in [4.69, 9.17) is 0 Å². The highest BCUT2D eigenvalue weighted by molar-refractivity contribution is 14.1. The van der Waals surface area contributed by atoms with Crippen LogP contribution in [0.5, 0.6) is 0 Å². The van der Waals surface area contributed by atoms with Crippen LogP contribution in [0.15, 0.2) is 60.2 Å². The Hall–Kier alpha value is -2.92. The summed E-state index contributed by atoms with van der Waals surface area (Å²) in [6.45, 7) is 3.93. The molecule has 0 aliphatic carbocycles. The van der Waals surface area contributed by atoms with Crippen molar-refractivity contribution in [3.05, 3.63) is 86.5 Å². The number of benzene rings is 2. The third-order valence-corrected chi connectivity index (χ3v) is 5.04. The highest BCUT2D eigenvalue weighted by Gasteiger charge is 2.14. The quantitative estimate of drug-likeness (QED) is 0.307. The zero-order valence-electron chi connectivity index (χ0n) is 15.3. The summed E-state index contributed by atoms with van der Waals surface area (Å²) < 4.78 is 16.2. The first-order chi connectivity index (χ1) is 13.4. The van der Waals surface area contributed by atoms with Crippen LogP contribution >= 0.6 is 22.6 Å². The molecule has 3 aromatic rings. The van der Waals surface area contributed by atoms with Gasteiger partial charge in [0.05, 0.1) is 0 Å². The lowest BCUT2D eigenvalue weighted by molar-refractivity contribution is -0.112. The average Bonchev–Trinajstić information content (AvgIpc) is 2.95. The molecule has 4 nitrogen and oxygen atoms in total. The molecule has 0 saturated carbocycles. The number of rotatable bonds is 4. The monoisotopic (exact) mass is 485 g/mol. The van der Waals surface area contributed by atoms with Gasteiger partial charge in [-0.1, -0.05) is 0 Å².